The van der Waals surface area contributed by atoms with Crippen molar-refractivity contribution in [3.63, 3.8) is 0 Å². The highest BCUT2D eigenvalue weighted by Crippen LogP contribution is 2.17. The number of amides is 2. The van der Waals surface area contributed by atoms with Crippen LogP contribution < -0.4 is 15.4 Å². The van der Waals surface area contributed by atoms with Gasteiger partial charge in [0.15, 0.2) is 0 Å². The number of nitrogens with one attached hydrogen (secondary N) is 2. The molecule has 0 atom stereocenters. The van der Waals surface area contributed by atoms with E-state index in [1.165, 1.54) is 0 Å². The number of carbonyl (C=O) groups excluding carboxylic acids is 1. The molecule has 0 aromatic heterocycles. The van der Waals surface area contributed by atoms with Crippen LogP contribution in [0.4, 0.5) is 16.2 Å². The second-order valence-corrected chi connectivity index (χ2v) is 5.33. The summed E-state index contributed by atoms with van der Waals surface area (Å²) in [6, 6.07) is 13.0. The summed E-state index contributed by atoms with van der Waals surface area (Å²) in [6.45, 7) is 6.77. The molecule has 2 N–H and O–H groups in total. The molecule has 0 radical (unpaired) electrons. The molecule has 2 rings (SSSR count). The van der Waals surface area contributed by atoms with Crippen molar-refractivity contribution in [3.8, 4) is 5.75 Å². The standard InChI is InChI=1S/C18H22N2O2/c1-4-9-22-17-7-5-15(6-8-17)19-18(21)20-16-11-13(2)10-14(3)12-16/h5-8,10-12H,4,9H2,1-3H3,(H2,19,20,21). The summed E-state index contributed by atoms with van der Waals surface area (Å²) < 4.78 is 5.51. The number of anilines is 2. The average Bonchev–Trinajstić information content (AvgIpc) is 2.45. The van der Waals surface area contributed by atoms with Crippen molar-refractivity contribution >= 4 is 17.4 Å². The first-order valence-corrected chi connectivity index (χ1v) is 7.46. The van der Waals surface area contributed by atoms with Crippen molar-refractivity contribution in [1.82, 2.24) is 0 Å². The molecule has 0 heterocycles. The van der Waals surface area contributed by atoms with Gasteiger partial charge < -0.3 is 15.4 Å². The fraction of sp³-hybridized carbons (Fsp3) is 0.278. The highest BCUT2D eigenvalue weighted by molar-refractivity contribution is 5.99. The van der Waals surface area contributed by atoms with Gasteiger partial charge in [-0.3, -0.25) is 0 Å². The molecule has 116 valence electrons. The van der Waals surface area contributed by atoms with Crippen LogP contribution >= 0.6 is 0 Å². The smallest absolute Gasteiger partial charge is 0.323 e. The van der Waals surface area contributed by atoms with Gasteiger partial charge in [0.1, 0.15) is 5.75 Å². The predicted octanol–water partition coefficient (Wildman–Crippen LogP) is 4.74. The first-order chi connectivity index (χ1) is 10.6. The van der Waals surface area contributed by atoms with Crippen LogP contribution in [0.25, 0.3) is 0 Å². The largest absolute Gasteiger partial charge is 0.494 e. The van der Waals surface area contributed by atoms with Crippen molar-refractivity contribution in [2.75, 3.05) is 17.2 Å². The maximum absolute atomic E-state index is 12.0. The summed E-state index contributed by atoms with van der Waals surface area (Å²) in [5, 5.41) is 5.65. The van der Waals surface area contributed by atoms with E-state index in [1.807, 2.05) is 50.2 Å². The number of rotatable bonds is 5. The maximum atomic E-state index is 12.0. The second-order valence-electron chi connectivity index (χ2n) is 5.33. The Hall–Kier alpha value is -2.49. The number of urea groups is 1. The number of carbonyl (C=O) groups is 1. The molecule has 2 amide bonds. The van der Waals surface area contributed by atoms with E-state index in [-0.39, 0.29) is 6.03 Å². The molecular weight excluding hydrogens is 276 g/mol. The minimum atomic E-state index is -0.257. The third-order valence-corrected chi connectivity index (χ3v) is 3.06. The van der Waals surface area contributed by atoms with Gasteiger partial charge in [0.2, 0.25) is 0 Å². The highest BCUT2D eigenvalue weighted by atomic mass is 16.5. The van der Waals surface area contributed by atoms with Gasteiger partial charge in [-0.2, -0.15) is 0 Å². The van der Waals surface area contributed by atoms with Gasteiger partial charge in [-0.05, 0) is 67.8 Å². The molecule has 0 unspecified atom stereocenters. The van der Waals surface area contributed by atoms with Crippen molar-refractivity contribution < 1.29 is 9.53 Å². The van der Waals surface area contributed by atoms with Gasteiger partial charge in [-0.15, -0.1) is 0 Å². The van der Waals surface area contributed by atoms with Crippen molar-refractivity contribution in [2.24, 2.45) is 0 Å². The first-order valence-electron chi connectivity index (χ1n) is 7.46. The maximum Gasteiger partial charge on any atom is 0.323 e. The predicted molar refractivity (Wildman–Crippen MR) is 90.8 cm³/mol. The normalized spacial score (nSPS) is 10.1. The Morgan fingerprint density at radius 1 is 0.955 bits per heavy atom. The van der Waals surface area contributed by atoms with E-state index < -0.39 is 0 Å². The highest BCUT2D eigenvalue weighted by Gasteiger charge is 2.04. The van der Waals surface area contributed by atoms with Gasteiger partial charge in [0.25, 0.3) is 0 Å². The fourth-order valence-corrected chi connectivity index (χ4v) is 2.19. The lowest BCUT2D eigenvalue weighted by Gasteiger charge is -2.10. The van der Waals surface area contributed by atoms with Crippen molar-refractivity contribution in [1.29, 1.82) is 0 Å². The molecule has 0 bridgehead atoms. The lowest BCUT2D eigenvalue weighted by Crippen LogP contribution is -2.19. The third kappa shape index (κ3) is 4.81. The van der Waals surface area contributed by atoms with Crippen LogP contribution in [-0.2, 0) is 0 Å². The minimum Gasteiger partial charge on any atom is -0.494 e. The molecule has 2 aromatic carbocycles. The number of hydrogen-bond acceptors (Lipinski definition) is 2. The van der Waals surface area contributed by atoms with E-state index in [9.17, 15) is 4.79 Å². The van der Waals surface area contributed by atoms with Crippen molar-refractivity contribution in [2.45, 2.75) is 27.2 Å². The molecule has 0 saturated carbocycles. The van der Waals surface area contributed by atoms with E-state index in [0.29, 0.717) is 6.61 Å². The molecule has 2 aromatic rings. The van der Waals surface area contributed by atoms with Crippen molar-refractivity contribution in [3.05, 3.63) is 53.6 Å². The topological polar surface area (TPSA) is 50.4 Å². The van der Waals surface area contributed by atoms with Crippen LogP contribution in [0.15, 0.2) is 42.5 Å². The SMILES string of the molecule is CCCOc1ccc(NC(=O)Nc2cc(C)cc(C)c2)cc1. The van der Waals surface area contributed by atoms with E-state index in [2.05, 4.69) is 23.6 Å². The number of aryl methyl sites for hydroxylation is 2. The molecular formula is C18H22N2O2. The monoisotopic (exact) mass is 298 g/mol. The van der Waals surface area contributed by atoms with Gasteiger partial charge in [0.05, 0.1) is 6.61 Å². The summed E-state index contributed by atoms with van der Waals surface area (Å²) in [7, 11) is 0. The zero-order valence-corrected chi connectivity index (χ0v) is 13.3. The van der Waals surface area contributed by atoms with Crippen LogP contribution in [0.5, 0.6) is 5.75 Å². The lowest BCUT2D eigenvalue weighted by atomic mass is 10.1. The molecule has 0 aliphatic carbocycles. The summed E-state index contributed by atoms with van der Waals surface area (Å²) in [4.78, 5) is 12.0. The molecule has 0 saturated heterocycles. The Labute approximate surface area is 131 Å². The van der Waals surface area contributed by atoms with Crippen LogP contribution in [-0.4, -0.2) is 12.6 Å². The summed E-state index contributed by atoms with van der Waals surface area (Å²) in [6.07, 6.45) is 0.971. The zero-order chi connectivity index (χ0) is 15.9. The molecule has 22 heavy (non-hydrogen) atoms. The van der Waals surface area contributed by atoms with Crippen LogP contribution in [0, 0.1) is 13.8 Å². The average molecular weight is 298 g/mol. The summed E-state index contributed by atoms with van der Waals surface area (Å²) >= 11 is 0. The fourth-order valence-electron chi connectivity index (χ4n) is 2.19. The molecule has 0 spiro atoms. The van der Waals surface area contributed by atoms with Crippen LogP contribution in [0.1, 0.15) is 24.5 Å². The van der Waals surface area contributed by atoms with Crippen LogP contribution in [0.3, 0.4) is 0 Å². The Kier molecular flexibility index (Phi) is 5.42. The zero-order valence-electron chi connectivity index (χ0n) is 13.3. The van der Waals surface area contributed by atoms with Gasteiger partial charge in [-0.25, -0.2) is 4.79 Å². The Bertz CT molecular complexity index is 616. The van der Waals surface area contributed by atoms with E-state index in [0.717, 1.165) is 34.7 Å². The second kappa shape index (κ2) is 7.50. The molecule has 4 heteroatoms. The third-order valence-electron chi connectivity index (χ3n) is 3.06. The van der Waals surface area contributed by atoms with E-state index >= 15 is 0 Å². The summed E-state index contributed by atoms with van der Waals surface area (Å²) in [5.74, 6) is 0.808. The quantitative estimate of drug-likeness (QED) is 0.838. The van der Waals surface area contributed by atoms with Gasteiger partial charge in [0, 0.05) is 11.4 Å². The number of hydrogen-bond donors (Lipinski definition) is 2. The lowest BCUT2D eigenvalue weighted by molar-refractivity contribution is 0.262. The molecule has 0 aliphatic heterocycles. The summed E-state index contributed by atoms with van der Waals surface area (Å²) in [5.41, 5.74) is 3.75. The number of ether oxygens (including phenoxy) is 1. The van der Waals surface area contributed by atoms with Crippen LogP contribution in [0.2, 0.25) is 0 Å². The van der Waals surface area contributed by atoms with E-state index in [4.69, 9.17) is 4.74 Å². The molecule has 0 aliphatic rings. The Morgan fingerprint density at radius 3 is 2.14 bits per heavy atom. The number of benzene rings is 2. The minimum absolute atomic E-state index is 0.257. The Morgan fingerprint density at radius 2 is 1.55 bits per heavy atom. The molecule has 4 nitrogen and oxygen atoms in total. The molecule has 0 fully saturated rings. The van der Waals surface area contributed by atoms with Gasteiger partial charge >= 0.3 is 6.03 Å². The first kappa shape index (κ1) is 15.9. The Balaban J connectivity index is 1.93. The van der Waals surface area contributed by atoms with Gasteiger partial charge in [-0.1, -0.05) is 13.0 Å². The van der Waals surface area contributed by atoms with E-state index in [1.54, 1.807) is 0 Å².